The molecule has 0 saturated carbocycles. The molecule has 1 rings (SSSR count). The van der Waals surface area contributed by atoms with E-state index in [4.69, 9.17) is 15.9 Å². The van der Waals surface area contributed by atoms with Crippen LogP contribution in [0.4, 0.5) is 0 Å². The van der Waals surface area contributed by atoms with Crippen LogP contribution in [0.25, 0.3) is 0 Å². The number of nitrogens with zero attached hydrogens (tertiary/aromatic N) is 1. The van der Waals surface area contributed by atoms with E-state index in [0.29, 0.717) is 6.54 Å². The second kappa shape index (κ2) is 4.35. The fourth-order valence-corrected chi connectivity index (χ4v) is 1.05. The molecule has 0 aromatic carbocycles. The molecule has 1 aliphatic heterocycles. The first-order chi connectivity index (χ1) is 5.72. The molecule has 0 saturated heterocycles. The summed E-state index contributed by atoms with van der Waals surface area (Å²) in [5, 5.41) is 17.7. The van der Waals surface area contributed by atoms with Crippen LogP contribution in [0.15, 0.2) is 12.3 Å². The van der Waals surface area contributed by atoms with E-state index < -0.39 is 6.10 Å². The molecule has 0 bridgehead atoms. The summed E-state index contributed by atoms with van der Waals surface area (Å²) in [5.41, 5.74) is 5.60. The molecule has 4 nitrogen and oxygen atoms in total. The van der Waals surface area contributed by atoms with E-state index in [1.165, 1.54) is 0 Å². The maximum Gasteiger partial charge on any atom is 0.176 e. The van der Waals surface area contributed by atoms with E-state index in [9.17, 15) is 0 Å². The minimum absolute atomic E-state index is 0.0903. The monoisotopic (exact) mass is 171 g/mol. The van der Waals surface area contributed by atoms with E-state index in [2.05, 4.69) is 0 Å². The van der Waals surface area contributed by atoms with Crippen molar-refractivity contribution in [2.45, 2.75) is 18.6 Å². The van der Waals surface area contributed by atoms with Crippen LogP contribution in [-0.4, -0.2) is 46.3 Å². The minimum atomic E-state index is -0.680. The van der Waals surface area contributed by atoms with Gasteiger partial charge in [0.25, 0.3) is 0 Å². The summed E-state index contributed by atoms with van der Waals surface area (Å²) >= 11 is 0. The van der Waals surface area contributed by atoms with Crippen LogP contribution in [-0.2, 0) is 0 Å². The lowest BCUT2D eigenvalue weighted by molar-refractivity contribution is -0.467. The molecule has 0 aromatic rings. The fourth-order valence-electron chi connectivity index (χ4n) is 1.05. The summed E-state index contributed by atoms with van der Waals surface area (Å²) in [6.07, 6.45) is 5.73. The van der Waals surface area contributed by atoms with Gasteiger partial charge in [-0.25, -0.2) is 4.58 Å². The van der Waals surface area contributed by atoms with E-state index >= 15 is 0 Å². The Hall–Kier alpha value is -0.710. The standard InChI is InChI=1S/C8H15N2O2/c9-7-1-3-10(4-2-7)5-8(12)6-11/h1,3-4,7-8,11-12H,2,5-6,9H2/q+1. The van der Waals surface area contributed by atoms with Gasteiger partial charge in [-0.15, -0.1) is 0 Å². The predicted octanol–water partition coefficient (Wildman–Crippen LogP) is -1.33. The Morgan fingerprint density at radius 3 is 2.92 bits per heavy atom. The maximum atomic E-state index is 9.10. The van der Waals surface area contributed by atoms with Crippen molar-refractivity contribution in [1.29, 1.82) is 0 Å². The van der Waals surface area contributed by atoms with Crippen LogP contribution in [0.1, 0.15) is 6.42 Å². The highest BCUT2D eigenvalue weighted by atomic mass is 16.3. The molecule has 0 radical (unpaired) electrons. The highest BCUT2D eigenvalue weighted by Gasteiger charge is 2.13. The molecule has 68 valence electrons. The molecule has 0 spiro atoms. The molecule has 0 amide bonds. The SMILES string of the molecule is NC1C=C[N+](CC(O)CO)=CC1. The zero-order chi connectivity index (χ0) is 8.97. The summed E-state index contributed by atoms with van der Waals surface area (Å²) in [7, 11) is 0. The lowest BCUT2D eigenvalue weighted by atomic mass is 10.2. The quantitative estimate of drug-likeness (QED) is 0.461. The Bertz CT molecular complexity index is 201. The number of aliphatic hydroxyl groups is 2. The Morgan fingerprint density at radius 1 is 1.67 bits per heavy atom. The zero-order valence-corrected chi connectivity index (χ0v) is 6.93. The van der Waals surface area contributed by atoms with Crippen molar-refractivity contribution >= 4 is 6.21 Å². The summed E-state index contributed by atoms with van der Waals surface area (Å²) in [6, 6.07) is 0.0903. The lowest BCUT2D eigenvalue weighted by Gasteiger charge is -2.08. The van der Waals surface area contributed by atoms with Crippen LogP contribution >= 0.6 is 0 Å². The van der Waals surface area contributed by atoms with Crippen molar-refractivity contribution < 1.29 is 14.8 Å². The average Bonchev–Trinajstić information content (AvgIpc) is 2.09. The van der Waals surface area contributed by atoms with Crippen molar-refractivity contribution in [2.24, 2.45) is 5.73 Å². The lowest BCUT2D eigenvalue weighted by Crippen LogP contribution is -2.30. The summed E-state index contributed by atoms with van der Waals surface area (Å²) in [4.78, 5) is 0. The first kappa shape index (κ1) is 9.38. The van der Waals surface area contributed by atoms with Crippen LogP contribution in [0.3, 0.4) is 0 Å². The molecule has 0 aromatic heterocycles. The smallest absolute Gasteiger partial charge is 0.176 e. The van der Waals surface area contributed by atoms with Gasteiger partial charge in [-0.1, -0.05) is 0 Å². The highest BCUT2D eigenvalue weighted by molar-refractivity contribution is 5.54. The number of β-amino-alcohol motifs (C(OH)–C–C–N with tert-alkyl or cyclic N) is 1. The van der Waals surface area contributed by atoms with Crippen molar-refractivity contribution in [3.63, 3.8) is 0 Å². The zero-order valence-electron chi connectivity index (χ0n) is 6.93. The molecule has 12 heavy (non-hydrogen) atoms. The van der Waals surface area contributed by atoms with E-state index in [1.807, 2.05) is 23.1 Å². The van der Waals surface area contributed by atoms with E-state index in [1.54, 1.807) is 0 Å². The van der Waals surface area contributed by atoms with Gasteiger partial charge in [0.15, 0.2) is 12.7 Å². The second-order valence-corrected chi connectivity index (χ2v) is 2.96. The third kappa shape index (κ3) is 2.73. The van der Waals surface area contributed by atoms with Crippen molar-refractivity contribution in [3.05, 3.63) is 12.3 Å². The Kier molecular flexibility index (Phi) is 3.40. The van der Waals surface area contributed by atoms with Crippen molar-refractivity contribution in [3.8, 4) is 0 Å². The van der Waals surface area contributed by atoms with Gasteiger partial charge in [0.1, 0.15) is 12.3 Å². The topological polar surface area (TPSA) is 69.5 Å². The average molecular weight is 171 g/mol. The van der Waals surface area contributed by atoms with Gasteiger partial charge in [0.2, 0.25) is 0 Å². The van der Waals surface area contributed by atoms with Crippen LogP contribution in [0.2, 0.25) is 0 Å². The molecule has 1 aliphatic rings. The molecule has 1 heterocycles. The number of hydrogen-bond acceptors (Lipinski definition) is 3. The third-order valence-electron chi connectivity index (χ3n) is 1.77. The number of aliphatic hydroxyl groups excluding tert-OH is 2. The maximum absolute atomic E-state index is 9.10. The highest BCUT2D eigenvalue weighted by Crippen LogP contribution is 1.96. The van der Waals surface area contributed by atoms with Gasteiger partial charge in [-0.2, -0.15) is 0 Å². The van der Waals surface area contributed by atoms with E-state index in [0.717, 1.165) is 6.42 Å². The van der Waals surface area contributed by atoms with Crippen molar-refractivity contribution in [2.75, 3.05) is 13.2 Å². The number of hydrogen-bond donors (Lipinski definition) is 3. The minimum Gasteiger partial charge on any atom is -0.393 e. The second-order valence-electron chi connectivity index (χ2n) is 2.96. The Balaban J connectivity index is 2.40. The summed E-state index contributed by atoms with van der Waals surface area (Å²) in [5.74, 6) is 0. The summed E-state index contributed by atoms with van der Waals surface area (Å²) < 4.78 is 1.84. The molecular formula is C8H15N2O2+. The first-order valence-corrected chi connectivity index (χ1v) is 4.04. The fraction of sp³-hybridized carbons (Fsp3) is 0.625. The molecule has 2 unspecified atom stereocenters. The Morgan fingerprint density at radius 2 is 2.42 bits per heavy atom. The molecule has 4 heteroatoms. The van der Waals surface area contributed by atoms with Crippen LogP contribution < -0.4 is 5.73 Å². The summed E-state index contributed by atoms with van der Waals surface area (Å²) in [6.45, 7) is 0.226. The van der Waals surface area contributed by atoms with Gasteiger partial charge >= 0.3 is 0 Å². The van der Waals surface area contributed by atoms with Crippen LogP contribution in [0.5, 0.6) is 0 Å². The van der Waals surface area contributed by atoms with E-state index in [-0.39, 0.29) is 12.6 Å². The molecule has 4 N–H and O–H groups in total. The van der Waals surface area contributed by atoms with Crippen LogP contribution in [0, 0.1) is 0 Å². The van der Waals surface area contributed by atoms with Gasteiger partial charge < -0.3 is 15.9 Å². The van der Waals surface area contributed by atoms with Gasteiger partial charge in [-0.3, -0.25) is 0 Å². The molecule has 0 aliphatic carbocycles. The number of nitrogens with two attached hydrogens (primary N) is 1. The Labute approximate surface area is 71.6 Å². The van der Waals surface area contributed by atoms with Crippen molar-refractivity contribution in [1.82, 2.24) is 0 Å². The first-order valence-electron chi connectivity index (χ1n) is 4.04. The van der Waals surface area contributed by atoms with Gasteiger partial charge in [0.05, 0.1) is 6.61 Å². The predicted molar refractivity (Wildman–Crippen MR) is 46.0 cm³/mol. The number of rotatable bonds is 3. The molecular weight excluding hydrogens is 156 g/mol. The largest absolute Gasteiger partial charge is 0.393 e. The molecule has 0 fully saturated rings. The molecule has 2 atom stereocenters. The van der Waals surface area contributed by atoms with Gasteiger partial charge in [0, 0.05) is 12.5 Å². The van der Waals surface area contributed by atoms with Gasteiger partial charge in [-0.05, 0) is 6.08 Å². The normalized spacial score (nSPS) is 25.2. The third-order valence-corrected chi connectivity index (χ3v) is 1.77.